The lowest BCUT2D eigenvalue weighted by atomic mass is 10.1. The van der Waals surface area contributed by atoms with Crippen molar-refractivity contribution in [3.8, 4) is 0 Å². The number of likely N-dealkylation sites (tertiary alicyclic amines) is 1. The molecule has 1 saturated heterocycles. The minimum atomic E-state index is -0.940. The first-order chi connectivity index (χ1) is 10.0. The minimum Gasteiger partial charge on any atom is -0.350 e. The molecule has 0 radical (unpaired) electrons. The van der Waals surface area contributed by atoms with Crippen LogP contribution in [0.4, 0.5) is 10.1 Å². The van der Waals surface area contributed by atoms with Gasteiger partial charge in [-0.15, -0.1) is 12.4 Å². The zero-order valence-electron chi connectivity index (χ0n) is 12.3. The first kappa shape index (κ1) is 18.3. The monoisotopic (exact) mass is 331 g/mol. The molecular weight excluding hydrogens is 313 g/mol. The summed E-state index contributed by atoms with van der Waals surface area (Å²) < 4.78 is 13.2. The van der Waals surface area contributed by atoms with Crippen molar-refractivity contribution in [1.82, 2.24) is 10.2 Å². The van der Waals surface area contributed by atoms with Gasteiger partial charge in [-0.25, -0.2) is 0 Å². The van der Waals surface area contributed by atoms with E-state index in [-0.39, 0.29) is 18.0 Å². The van der Waals surface area contributed by atoms with E-state index in [1.807, 2.05) is 0 Å². The van der Waals surface area contributed by atoms with Gasteiger partial charge in [0.15, 0.2) is 0 Å². The molecule has 0 saturated carbocycles. The van der Waals surface area contributed by atoms with Crippen molar-refractivity contribution in [2.75, 3.05) is 19.6 Å². The Hall–Kier alpha value is -1.73. The molecule has 0 spiro atoms. The number of likely N-dealkylation sites (N-methyl/N-ethyl adjacent to an activating group) is 1. The van der Waals surface area contributed by atoms with Gasteiger partial charge in [0, 0.05) is 24.2 Å². The Balaban J connectivity index is 0.00000242. The second kappa shape index (κ2) is 8.05. The van der Waals surface area contributed by atoms with Crippen LogP contribution in [0.1, 0.15) is 30.1 Å². The van der Waals surface area contributed by atoms with Gasteiger partial charge < -0.3 is 5.32 Å². The second-order valence-electron chi connectivity index (χ2n) is 5.06. The molecule has 1 amide bonds. The number of nitro benzene ring substituents is 1. The second-order valence-corrected chi connectivity index (χ2v) is 5.06. The van der Waals surface area contributed by atoms with Crippen LogP contribution in [-0.2, 0) is 0 Å². The zero-order valence-corrected chi connectivity index (χ0v) is 13.1. The highest BCUT2D eigenvalue weighted by atomic mass is 35.5. The maximum absolute atomic E-state index is 13.2. The van der Waals surface area contributed by atoms with Crippen molar-refractivity contribution in [3.63, 3.8) is 0 Å². The molecule has 1 unspecified atom stereocenters. The Bertz CT molecular complexity index is 556. The van der Waals surface area contributed by atoms with Crippen LogP contribution in [-0.4, -0.2) is 41.4 Å². The first-order valence-corrected chi connectivity index (χ1v) is 6.99. The molecular formula is C14H19ClFN3O3. The highest BCUT2D eigenvalue weighted by molar-refractivity contribution is 5.94. The highest BCUT2D eigenvalue weighted by Gasteiger charge is 2.24. The lowest BCUT2D eigenvalue weighted by Crippen LogP contribution is -2.40. The van der Waals surface area contributed by atoms with Crippen molar-refractivity contribution in [2.45, 2.75) is 25.8 Å². The Morgan fingerprint density at radius 2 is 2.27 bits per heavy atom. The van der Waals surface area contributed by atoms with Crippen LogP contribution in [0.3, 0.4) is 0 Å². The number of halogens is 2. The number of nitrogens with one attached hydrogen (secondary N) is 1. The third-order valence-corrected chi connectivity index (χ3v) is 3.81. The number of rotatable bonds is 5. The molecule has 1 atom stereocenters. The Labute approximate surface area is 134 Å². The Morgan fingerprint density at radius 3 is 2.91 bits per heavy atom. The quantitative estimate of drug-likeness (QED) is 0.664. The largest absolute Gasteiger partial charge is 0.350 e. The topological polar surface area (TPSA) is 75.5 Å². The molecule has 122 valence electrons. The Morgan fingerprint density at radius 1 is 1.55 bits per heavy atom. The van der Waals surface area contributed by atoms with Crippen molar-refractivity contribution < 1.29 is 14.1 Å². The van der Waals surface area contributed by atoms with Crippen LogP contribution in [0, 0.1) is 15.9 Å². The summed E-state index contributed by atoms with van der Waals surface area (Å²) in [4.78, 5) is 24.1. The fourth-order valence-electron chi connectivity index (χ4n) is 2.65. The molecule has 1 aromatic rings. The average Bonchev–Trinajstić information content (AvgIpc) is 2.92. The van der Waals surface area contributed by atoms with E-state index in [1.165, 1.54) is 6.07 Å². The summed E-state index contributed by atoms with van der Waals surface area (Å²) in [6, 6.07) is 3.47. The lowest BCUT2D eigenvalue weighted by Gasteiger charge is -2.22. The molecule has 0 aliphatic carbocycles. The molecule has 0 aromatic heterocycles. The number of amides is 1. The van der Waals surface area contributed by atoms with Crippen LogP contribution >= 0.6 is 12.4 Å². The van der Waals surface area contributed by atoms with E-state index in [1.54, 1.807) is 0 Å². The van der Waals surface area contributed by atoms with Gasteiger partial charge in [-0.05, 0) is 38.1 Å². The van der Waals surface area contributed by atoms with E-state index < -0.39 is 22.3 Å². The molecule has 22 heavy (non-hydrogen) atoms. The van der Waals surface area contributed by atoms with E-state index in [0.29, 0.717) is 12.6 Å². The third-order valence-electron chi connectivity index (χ3n) is 3.81. The van der Waals surface area contributed by atoms with E-state index in [9.17, 15) is 19.3 Å². The number of hydrogen-bond donors (Lipinski definition) is 1. The smallest absolute Gasteiger partial charge is 0.305 e. The molecule has 1 N–H and O–H groups in total. The van der Waals surface area contributed by atoms with E-state index in [4.69, 9.17) is 0 Å². The zero-order chi connectivity index (χ0) is 15.4. The summed E-state index contributed by atoms with van der Waals surface area (Å²) in [7, 11) is 0. The molecule has 8 heteroatoms. The maximum Gasteiger partial charge on any atom is 0.305 e. The molecule has 1 aromatic carbocycles. The molecule has 2 rings (SSSR count). The van der Waals surface area contributed by atoms with Crippen LogP contribution in [0.2, 0.25) is 0 Å². The van der Waals surface area contributed by atoms with Gasteiger partial charge >= 0.3 is 5.69 Å². The van der Waals surface area contributed by atoms with E-state index >= 15 is 0 Å². The van der Waals surface area contributed by atoms with Crippen molar-refractivity contribution >= 4 is 24.0 Å². The van der Waals surface area contributed by atoms with Gasteiger partial charge in [0.05, 0.1) is 4.92 Å². The van der Waals surface area contributed by atoms with Crippen LogP contribution in [0.15, 0.2) is 18.2 Å². The summed E-state index contributed by atoms with van der Waals surface area (Å²) in [5.74, 6) is -1.36. The molecule has 6 nitrogen and oxygen atoms in total. The van der Waals surface area contributed by atoms with Gasteiger partial charge in [0.25, 0.3) is 5.91 Å². The number of nitro groups is 1. The summed E-state index contributed by atoms with van der Waals surface area (Å²) >= 11 is 0. The number of carbonyl (C=O) groups excluding carboxylic acids is 1. The normalized spacial score (nSPS) is 17.8. The number of carbonyl (C=O) groups is 1. The van der Waals surface area contributed by atoms with Crippen LogP contribution in [0.5, 0.6) is 0 Å². The summed E-state index contributed by atoms with van der Waals surface area (Å²) in [5, 5.41) is 13.4. The van der Waals surface area contributed by atoms with Gasteiger partial charge in [0.2, 0.25) is 5.82 Å². The standard InChI is InChI=1S/C14H18FN3O3.ClH/c1-2-17-7-3-4-11(17)9-16-14(19)10-5-6-12(15)13(8-10)18(20)21;/h5-6,8,11H,2-4,7,9H2,1H3,(H,16,19);1H. The highest BCUT2D eigenvalue weighted by Crippen LogP contribution is 2.19. The van der Waals surface area contributed by atoms with Crippen LogP contribution < -0.4 is 5.32 Å². The third kappa shape index (κ3) is 4.14. The maximum atomic E-state index is 13.2. The molecule has 1 fully saturated rings. The van der Waals surface area contributed by atoms with Crippen LogP contribution in [0.25, 0.3) is 0 Å². The van der Waals surface area contributed by atoms with E-state index in [2.05, 4.69) is 17.1 Å². The molecule has 1 aliphatic heterocycles. The summed E-state index contributed by atoms with van der Waals surface area (Å²) in [5.41, 5.74) is -0.581. The van der Waals surface area contributed by atoms with Gasteiger partial charge in [-0.2, -0.15) is 4.39 Å². The number of hydrogen-bond acceptors (Lipinski definition) is 4. The van der Waals surface area contributed by atoms with Gasteiger partial charge in [-0.3, -0.25) is 19.8 Å². The number of benzene rings is 1. The number of nitrogens with zero attached hydrogens (tertiary/aromatic N) is 2. The predicted octanol–water partition coefficient (Wildman–Crippen LogP) is 2.37. The molecule has 1 aliphatic rings. The molecule has 0 bridgehead atoms. The fraction of sp³-hybridized carbons (Fsp3) is 0.500. The summed E-state index contributed by atoms with van der Waals surface area (Å²) in [6.45, 7) is 4.53. The van der Waals surface area contributed by atoms with Crippen molar-refractivity contribution in [3.05, 3.63) is 39.7 Å². The SMILES string of the molecule is CCN1CCCC1CNC(=O)c1ccc(F)c([N+](=O)[O-])c1.Cl. The summed E-state index contributed by atoms with van der Waals surface area (Å²) in [6.07, 6.45) is 2.13. The van der Waals surface area contributed by atoms with Gasteiger partial charge in [-0.1, -0.05) is 6.92 Å². The fourth-order valence-corrected chi connectivity index (χ4v) is 2.65. The van der Waals surface area contributed by atoms with Crippen molar-refractivity contribution in [1.29, 1.82) is 0 Å². The predicted molar refractivity (Wildman–Crippen MR) is 82.9 cm³/mol. The van der Waals surface area contributed by atoms with Gasteiger partial charge in [0.1, 0.15) is 0 Å². The Kier molecular flexibility index (Phi) is 6.70. The minimum absolute atomic E-state index is 0. The molecule has 1 heterocycles. The van der Waals surface area contributed by atoms with Crippen molar-refractivity contribution in [2.24, 2.45) is 0 Å². The lowest BCUT2D eigenvalue weighted by molar-refractivity contribution is -0.387. The first-order valence-electron chi connectivity index (χ1n) is 6.99. The van der Waals surface area contributed by atoms with E-state index in [0.717, 1.165) is 38.1 Å². The average molecular weight is 332 g/mol.